The first kappa shape index (κ1) is 14.1. The van der Waals surface area contributed by atoms with E-state index < -0.39 is 0 Å². The zero-order valence-corrected chi connectivity index (χ0v) is 11.2. The highest BCUT2D eigenvalue weighted by atomic mass is 16.5. The highest BCUT2D eigenvalue weighted by molar-refractivity contribution is 5.74. The molecular weight excluding hydrogens is 270 g/mol. The van der Waals surface area contributed by atoms with Gasteiger partial charge in [-0.05, 0) is 0 Å². The van der Waals surface area contributed by atoms with Crippen LogP contribution >= 0.6 is 0 Å². The van der Waals surface area contributed by atoms with Crippen LogP contribution in [0.1, 0.15) is 11.3 Å². The molecule has 0 aliphatic heterocycles. The molecule has 0 atom stereocenters. The Labute approximate surface area is 121 Å². The third-order valence-electron chi connectivity index (χ3n) is 2.62. The number of nitriles is 1. The number of rotatable bonds is 4. The second kappa shape index (κ2) is 6.21. The van der Waals surface area contributed by atoms with E-state index in [1.807, 2.05) is 6.07 Å². The first-order chi connectivity index (χ1) is 10.2. The molecule has 2 heterocycles. The van der Waals surface area contributed by atoms with Crippen LogP contribution in [-0.2, 0) is 0 Å². The molecule has 0 aliphatic carbocycles. The fourth-order valence-electron chi connectivity index (χ4n) is 1.67. The first-order valence-corrected chi connectivity index (χ1v) is 5.93. The van der Waals surface area contributed by atoms with E-state index in [9.17, 15) is 5.26 Å². The lowest BCUT2D eigenvalue weighted by atomic mass is 10.2. The van der Waals surface area contributed by atoms with Gasteiger partial charge in [0, 0.05) is 25.6 Å². The van der Waals surface area contributed by atoms with Crippen molar-refractivity contribution in [2.24, 2.45) is 5.73 Å². The molecule has 0 aliphatic rings. The number of ether oxygens (including phenoxy) is 1. The summed E-state index contributed by atoms with van der Waals surface area (Å²) < 4.78 is 5.62. The first-order valence-electron chi connectivity index (χ1n) is 5.93. The summed E-state index contributed by atoms with van der Waals surface area (Å²) in [6, 6.07) is 2.03. The van der Waals surface area contributed by atoms with Crippen molar-refractivity contribution in [2.45, 2.75) is 0 Å². The van der Waals surface area contributed by atoms with Gasteiger partial charge < -0.3 is 21.5 Å². The van der Waals surface area contributed by atoms with E-state index in [2.05, 4.69) is 20.3 Å². The maximum absolute atomic E-state index is 9.28. The standard InChI is InChI=1S/C13H13N7O/c1-17-12-8(4-14)11(7-20-13(12)16)21-10(5-15)9-6-18-2-3-19-9/h2-3,5-7,17H,15H2,1H3,(H2,16,20). The van der Waals surface area contributed by atoms with Crippen molar-refractivity contribution in [3.8, 4) is 11.8 Å². The molecule has 0 aromatic carbocycles. The molecule has 8 heteroatoms. The molecule has 2 rings (SSSR count). The predicted octanol–water partition coefficient (Wildman–Crippen LogP) is 0.703. The summed E-state index contributed by atoms with van der Waals surface area (Å²) >= 11 is 0. The number of nitrogen functional groups attached to an aromatic ring is 1. The third kappa shape index (κ3) is 2.82. The molecule has 0 unspecified atom stereocenters. The van der Waals surface area contributed by atoms with Crippen LogP contribution in [0.5, 0.6) is 5.75 Å². The van der Waals surface area contributed by atoms with Gasteiger partial charge in [0.15, 0.2) is 11.5 Å². The van der Waals surface area contributed by atoms with Gasteiger partial charge in [0.2, 0.25) is 0 Å². The quantitative estimate of drug-likeness (QED) is 0.698. The molecule has 0 radical (unpaired) electrons. The van der Waals surface area contributed by atoms with E-state index in [0.717, 1.165) is 0 Å². The van der Waals surface area contributed by atoms with Crippen LogP contribution < -0.4 is 21.5 Å². The zero-order valence-electron chi connectivity index (χ0n) is 11.2. The molecule has 0 amide bonds. The molecule has 5 N–H and O–H groups in total. The smallest absolute Gasteiger partial charge is 0.170 e. The molecule has 0 spiro atoms. The van der Waals surface area contributed by atoms with Gasteiger partial charge in [0.25, 0.3) is 0 Å². The Balaban J connectivity index is 2.42. The number of hydrogen-bond donors (Lipinski definition) is 3. The topological polar surface area (TPSA) is 136 Å². The molecule has 0 saturated carbocycles. The molecule has 8 nitrogen and oxygen atoms in total. The largest absolute Gasteiger partial charge is 0.450 e. The summed E-state index contributed by atoms with van der Waals surface area (Å²) in [6.07, 6.45) is 7.12. The monoisotopic (exact) mass is 283 g/mol. The summed E-state index contributed by atoms with van der Waals surface area (Å²) in [5.74, 6) is 0.686. The van der Waals surface area contributed by atoms with Crippen LogP contribution in [0.25, 0.3) is 5.76 Å². The van der Waals surface area contributed by atoms with E-state index in [0.29, 0.717) is 11.4 Å². The van der Waals surface area contributed by atoms with Crippen LogP contribution in [0.3, 0.4) is 0 Å². The van der Waals surface area contributed by atoms with Gasteiger partial charge in [-0.1, -0.05) is 0 Å². The zero-order chi connectivity index (χ0) is 15.2. The average molecular weight is 283 g/mol. The molecule has 21 heavy (non-hydrogen) atoms. The Hall–Kier alpha value is -3.34. The molecule has 0 bridgehead atoms. The summed E-state index contributed by atoms with van der Waals surface area (Å²) in [5, 5.41) is 12.1. The number of aromatic nitrogens is 3. The van der Waals surface area contributed by atoms with Crippen molar-refractivity contribution < 1.29 is 4.74 Å². The number of nitrogens with one attached hydrogen (secondary N) is 1. The summed E-state index contributed by atoms with van der Waals surface area (Å²) in [5.41, 5.74) is 12.3. The van der Waals surface area contributed by atoms with E-state index in [4.69, 9.17) is 16.2 Å². The molecular formula is C13H13N7O. The van der Waals surface area contributed by atoms with Gasteiger partial charge >= 0.3 is 0 Å². The molecule has 0 saturated heterocycles. The summed E-state index contributed by atoms with van der Waals surface area (Å²) in [6.45, 7) is 0. The highest BCUT2D eigenvalue weighted by Gasteiger charge is 2.16. The molecule has 2 aromatic heterocycles. The Morgan fingerprint density at radius 2 is 2.19 bits per heavy atom. The number of nitrogens with zero attached hydrogens (tertiary/aromatic N) is 4. The van der Waals surface area contributed by atoms with Gasteiger partial charge in [-0.15, -0.1) is 0 Å². The van der Waals surface area contributed by atoms with Gasteiger partial charge in [-0.2, -0.15) is 5.26 Å². The maximum atomic E-state index is 9.28. The van der Waals surface area contributed by atoms with E-state index in [1.165, 1.54) is 31.0 Å². The summed E-state index contributed by atoms with van der Waals surface area (Å²) in [7, 11) is 1.64. The summed E-state index contributed by atoms with van der Waals surface area (Å²) in [4.78, 5) is 12.0. The average Bonchev–Trinajstić information content (AvgIpc) is 2.54. The molecule has 106 valence electrons. The number of hydrogen-bond acceptors (Lipinski definition) is 8. The van der Waals surface area contributed by atoms with Crippen molar-refractivity contribution in [3.05, 3.63) is 42.2 Å². The lowest BCUT2D eigenvalue weighted by Crippen LogP contribution is -2.06. The fraction of sp³-hybridized carbons (Fsp3) is 0.0769. The van der Waals surface area contributed by atoms with Gasteiger partial charge in [-0.25, -0.2) is 9.97 Å². The van der Waals surface area contributed by atoms with Crippen molar-refractivity contribution in [1.29, 1.82) is 5.26 Å². The van der Waals surface area contributed by atoms with Gasteiger partial charge in [-0.3, -0.25) is 4.98 Å². The lowest BCUT2D eigenvalue weighted by molar-refractivity contribution is 0.506. The fourth-order valence-corrected chi connectivity index (χ4v) is 1.67. The Morgan fingerprint density at radius 1 is 1.38 bits per heavy atom. The number of nitrogens with two attached hydrogens (primary N) is 2. The van der Waals surface area contributed by atoms with Crippen LogP contribution in [0.2, 0.25) is 0 Å². The normalized spacial score (nSPS) is 10.8. The van der Waals surface area contributed by atoms with Crippen molar-refractivity contribution >= 4 is 17.3 Å². The van der Waals surface area contributed by atoms with Gasteiger partial charge in [0.05, 0.1) is 18.1 Å². The Kier molecular flexibility index (Phi) is 4.16. The van der Waals surface area contributed by atoms with Crippen LogP contribution in [0.4, 0.5) is 11.5 Å². The number of pyridine rings is 1. The van der Waals surface area contributed by atoms with Crippen molar-refractivity contribution in [1.82, 2.24) is 15.0 Å². The molecule has 2 aromatic rings. The second-order valence-electron chi connectivity index (χ2n) is 3.84. The minimum absolute atomic E-state index is 0.208. The minimum Gasteiger partial charge on any atom is -0.450 e. The Bertz CT molecular complexity index is 706. The number of anilines is 2. The lowest BCUT2D eigenvalue weighted by Gasteiger charge is -2.13. The SMILES string of the molecule is CNc1c(N)ncc(OC(=CN)c2cnccn2)c1C#N. The van der Waals surface area contributed by atoms with E-state index in [1.54, 1.807) is 7.05 Å². The van der Waals surface area contributed by atoms with E-state index >= 15 is 0 Å². The van der Waals surface area contributed by atoms with Crippen molar-refractivity contribution in [3.63, 3.8) is 0 Å². The van der Waals surface area contributed by atoms with Gasteiger partial charge in [0.1, 0.15) is 23.1 Å². The molecule has 0 fully saturated rings. The van der Waals surface area contributed by atoms with Crippen LogP contribution in [-0.4, -0.2) is 22.0 Å². The minimum atomic E-state index is 0.208. The highest BCUT2D eigenvalue weighted by Crippen LogP contribution is 2.31. The van der Waals surface area contributed by atoms with Crippen LogP contribution in [0.15, 0.2) is 31.0 Å². The van der Waals surface area contributed by atoms with E-state index in [-0.39, 0.29) is 22.9 Å². The second-order valence-corrected chi connectivity index (χ2v) is 3.84. The third-order valence-corrected chi connectivity index (χ3v) is 2.62. The Morgan fingerprint density at radius 3 is 2.76 bits per heavy atom. The maximum Gasteiger partial charge on any atom is 0.170 e. The van der Waals surface area contributed by atoms with Crippen molar-refractivity contribution in [2.75, 3.05) is 18.1 Å². The van der Waals surface area contributed by atoms with Crippen LogP contribution in [0, 0.1) is 11.3 Å². The predicted molar refractivity (Wildman–Crippen MR) is 77.7 cm³/mol.